The Balaban J connectivity index is 0.00000529. The molecule has 144 valence electrons. The predicted molar refractivity (Wildman–Crippen MR) is 115 cm³/mol. The van der Waals surface area contributed by atoms with Gasteiger partial charge in [0.25, 0.3) is 0 Å². The number of piperidine rings is 1. The molecular formula is C18H39IN4O. The quantitative estimate of drug-likeness (QED) is 0.368. The third-order valence-electron chi connectivity index (χ3n) is 4.83. The standard InChI is InChI=1S/C18H38N4O.HI/c1-17(2,3)15(23-7)13-20-16(19-6)21-14-18(4,5)22-11-9-8-10-12-22;/h15H,8-14H2,1-7H3,(H2,19,20,21);1H. The Labute approximate surface area is 166 Å². The van der Waals surface area contributed by atoms with E-state index in [0.29, 0.717) is 0 Å². The molecule has 24 heavy (non-hydrogen) atoms. The van der Waals surface area contributed by atoms with Gasteiger partial charge in [0, 0.05) is 32.8 Å². The van der Waals surface area contributed by atoms with Crippen molar-refractivity contribution in [1.29, 1.82) is 0 Å². The van der Waals surface area contributed by atoms with Crippen LogP contribution in [-0.4, -0.2) is 62.8 Å². The first-order valence-electron chi connectivity index (χ1n) is 8.93. The molecule has 1 aliphatic heterocycles. The molecule has 1 atom stereocenters. The van der Waals surface area contributed by atoms with E-state index in [1.54, 1.807) is 7.11 Å². The van der Waals surface area contributed by atoms with E-state index in [2.05, 4.69) is 55.1 Å². The van der Waals surface area contributed by atoms with Gasteiger partial charge in [0.2, 0.25) is 0 Å². The summed E-state index contributed by atoms with van der Waals surface area (Å²) >= 11 is 0. The van der Waals surface area contributed by atoms with Gasteiger partial charge in [-0.2, -0.15) is 0 Å². The van der Waals surface area contributed by atoms with Crippen LogP contribution >= 0.6 is 24.0 Å². The van der Waals surface area contributed by atoms with Crippen LogP contribution in [0.15, 0.2) is 4.99 Å². The molecule has 6 heteroatoms. The number of hydrogen-bond acceptors (Lipinski definition) is 3. The van der Waals surface area contributed by atoms with Gasteiger partial charge in [0.15, 0.2) is 5.96 Å². The maximum atomic E-state index is 5.60. The molecular weight excluding hydrogens is 415 g/mol. The van der Waals surface area contributed by atoms with Crippen LogP contribution in [-0.2, 0) is 4.74 Å². The van der Waals surface area contributed by atoms with Crippen molar-refractivity contribution < 1.29 is 4.74 Å². The molecule has 1 rings (SSSR count). The van der Waals surface area contributed by atoms with Gasteiger partial charge < -0.3 is 15.4 Å². The third kappa shape index (κ3) is 7.87. The van der Waals surface area contributed by atoms with Gasteiger partial charge in [-0.1, -0.05) is 27.2 Å². The Bertz CT molecular complexity index is 374. The Hall–Kier alpha value is -0.0800. The van der Waals surface area contributed by atoms with Gasteiger partial charge in [-0.15, -0.1) is 24.0 Å². The van der Waals surface area contributed by atoms with Crippen molar-refractivity contribution >= 4 is 29.9 Å². The summed E-state index contributed by atoms with van der Waals surface area (Å²) in [5, 5.41) is 6.88. The van der Waals surface area contributed by atoms with Crippen LogP contribution in [0.2, 0.25) is 0 Å². The molecule has 1 saturated heterocycles. The van der Waals surface area contributed by atoms with Crippen molar-refractivity contribution in [3.05, 3.63) is 0 Å². The van der Waals surface area contributed by atoms with Crippen molar-refractivity contribution in [3.8, 4) is 0 Å². The molecule has 1 unspecified atom stereocenters. The van der Waals surface area contributed by atoms with Crippen LogP contribution < -0.4 is 10.6 Å². The van der Waals surface area contributed by atoms with E-state index in [4.69, 9.17) is 4.74 Å². The molecule has 0 spiro atoms. The first-order chi connectivity index (χ1) is 10.7. The fourth-order valence-corrected chi connectivity index (χ4v) is 3.06. The second-order valence-corrected chi connectivity index (χ2v) is 8.26. The molecule has 0 aromatic heterocycles. The van der Waals surface area contributed by atoms with Crippen molar-refractivity contribution in [2.45, 2.75) is 65.5 Å². The van der Waals surface area contributed by atoms with Crippen LogP contribution in [0.5, 0.6) is 0 Å². The summed E-state index contributed by atoms with van der Waals surface area (Å²) in [6, 6.07) is 0. The zero-order valence-electron chi connectivity index (χ0n) is 16.7. The number of aliphatic imine (C=N–C) groups is 1. The van der Waals surface area contributed by atoms with Crippen LogP contribution in [0.1, 0.15) is 53.9 Å². The van der Waals surface area contributed by atoms with Gasteiger partial charge in [0.1, 0.15) is 0 Å². The van der Waals surface area contributed by atoms with Crippen LogP contribution in [0.25, 0.3) is 0 Å². The number of rotatable bonds is 6. The van der Waals surface area contributed by atoms with Gasteiger partial charge >= 0.3 is 0 Å². The number of methoxy groups -OCH3 is 1. The largest absolute Gasteiger partial charge is 0.379 e. The summed E-state index contributed by atoms with van der Waals surface area (Å²) in [6.07, 6.45) is 4.15. The maximum absolute atomic E-state index is 5.60. The molecule has 0 saturated carbocycles. The number of halogens is 1. The van der Waals surface area contributed by atoms with Crippen LogP contribution in [0, 0.1) is 5.41 Å². The van der Waals surface area contributed by atoms with Crippen LogP contribution in [0.3, 0.4) is 0 Å². The molecule has 1 heterocycles. The number of nitrogens with zero attached hydrogens (tertiary/aromatic N) is 2. The third-order valence-corrected chi connectivity index (χ3v) is 4.83. The number of hydrogen-bond donors (Lipinski definition) is 2. The lowest BCUT2D eigenvalue weighted by molar-refractivity contribution is 0.0204. The minimum absolute atomic E-state index is 0. The zero-order valence-corrected chi connectivity index (χ0v) is 19.1. The number of guanidine groups is 1. The smallest absolute Gasteiger partial charge is 0.191 e. The normalized spacial score (nSPS) is 18.7. The average Bonchev–Trinajstić information content (AvgIpc) is 2.50. The van der Waals surface area contributed by atoms with E-state index < -0.39 is 0 Å². The second kappa shape index (κ2) is 10.8. The monoisotopic (exact) mass is 454 g/mol. The van der Waals surface area contributed by atoms with Crippen molar-refractivity contribution in [2.24, 2.45) is 10.4 Å². The van der Waals surface area contributed by atoms with Gasteiger partial charge in [-0.3, -0.25) is 9.89 Å². The Morgan fingerprint density at radius 2 is 1.67 bits per heavy atom. The fraction of sp³-hybridized carbons (Fsp3) is 0.944. The summed E-state index contributed by atoms with van der Waals surface area (Å²) in [4.78, 5) is 6.93. The van der Waals surface area contributed by atoms with E-state index in [9.17, 15) is 0 Å². The van der Waals surface area contributed by atoms with Gasteiger partial charge in [-0.25, -0.2) is 0 Å². The first kappa shape index (κ1) is 23.9. The molecule has 5 nitrogen and oxygen atoms in total. The topological polar surface area (TPSA) is 48.9 Å². The molecule has 1 aliphatic rings. The SMILES string of the molecule is CN=C(NCC(OC)C(C)(C)C)NCC(C)(C)N1CCCCC1.I. The minimum Gasteiger partial charge on any atom is -0.379 e. The van der Waals surface area contributed by atoms with E-state index in [0.717, 1.165) is 19.0 Å². The van der Waals surface area contributed by atoms with Gasteiger partial charge in [0.05, 0.1) is 6.10 Å². The second-order valence-electron chi connectivity index (χ2n) is 8.26. The lowest BCUT2D eigenvalue weighted by Crippen LogP contribution is -2.55. The molecule has 1 fully saturated rings. The first-order valence-corrected chi connectivity index (χ1v) is 8.93. The highest BCUT2D eigenvalue weighted by molar-refractivity contribution is 14.0. The highest BCUT2D eigenvalue weighted by Gasteiger charge is 2.28. The summed E-state index contributed by atoms with van der Waals surface area (Å²) in [6.45, 7) is 15.3. The Morgan fingerprint density at radius 1 is 1.08 bits per heavy atom. The summed E-state index contributed by atoms with van der Waals surface area (Å²) in [5.74, 6) is 0.849. The van der Waals surface area contributed by atoms with E-state index in [1.807, 2.05) is 7.05 Å². The highest BCUT2D eigenvalue weighted by atomic mass is 127. The van der Waals surface area contributed by atoms with E-state index in [-0.39, 0.29) is 41.0 Å². The highest BCUT2D eigenvalue weighted by Crippen LogP contribution is 2.21. The zero-order chi connectivity index (χ0) is 17.5. The summed E-state index contributed by atoms with van der Waals surface area (Å²) in [7, 11) is 3.59. The minimum atomic E-state index is 0. The summed E-state index contributed by atoms with van der Waals surface area (Å²) < 4.78 is 5.60. The predicted octanol–water partition coefficient (Wildman–Crippen LogP) is 3.10. The fourth-order valence-electron chi connectivity index (χ4n) is 3.06. The maximum Gasteiger partial charge on any atom is 0.191 e. The van der Waals surface area contributed by atoms with E-state index >= 15 is 0 Å². The Morgan fingerprint density at radius 3 is 2.12 bits per heavy atom. The molecule has 2 N–H and O–H groups in total. The Kier molecular flexibility index (Phi) is 10.8. The van der Waals surface area contributed by atoms with E-state index in [1.165, 1.54) is 32.4 Å². The molecule has 0 amide bonds. The van der Waals surface area contributed by atoms with Crippen LogP contribution in [0.4, 0.5) is 0 Å². The molecule has 0 aromatic carbocycles. The van der Waals surface area contributed by atoms with Crippen molar-refractivity contribution in [3.63, 3.8) is 0 Å². The lowest BCUT2D eigenvalue weighted by atomic mass is 9.89. The lowest BCUT2D eigenvalue weighted by Gasteiger charge is -2.41. The number of likely N-dealkylation sites (tertiary alicyclic amines) is 1. The average molecular weight is 454 g/mol. The van der Waals surface area contributed by atoms with Crippen molar-refractivity contribution in [2.75, 3.05) is 40.3 Å². The molecule has 0 aliphatic carbocycles. The molecule has 0 aromatic rings. The molecule has 0 radical (unpaired) electrons. The molecule has 0 bridgehead atoms. The summed E-state index contributed by atoms with van der Waals surface area (Å²) in [5.41, 5.74) is 0.246. The van der Waals surface area contributed by atoms with Crippen molar-refractivity contribution in [1.82, 2.24) is 15.5 Å². The van der Waals surface area contributed by atoms with Gasteiger partial charge in [-0.05, 0) is 45.2 Å². The number of ether oxygens (including phenoxy) is 1. The number of nitrogens with one attached hydrogen (secondary N) is 2.